The predicted molar refractivity (Wildman–Crippen MR) is 77.2 cm³/mol. The van der Waals surface area contributed by atoms with Crippen LogP contribution in [0, 0.1) is 5.41 Å². The highest BCUT2D eigenvalue weighted by Gasteiger charge is 2.21. The third-order valence-electron chi connectivity index (χ3n) is 2.59. The largest absolute Gasteiger partial charge is 0.380 e. The lowest BCUT2D eigenvalue weighted by Gasteiger charge is -2.16. The van der Waals surface area contributed by atoms with Crippen LogP contribution >= 0.6 is 15.9 Å². The van der Waals surface area contributed by atoms with Crippen LogP contribution in [0.15, 0.2) is 33.3 Å². The monoisotopic (exact) mass is 308 g/mol. The summed E-state index contributed by atoms with van der Waals surface area (Å²) < 4.78 is 6.39. The summed E-state index contributed by atoms with van der Waals surface area (Å²) in [6.45, 7) is 6.49. The highest BCUT2D eigenvalue weighted by atomic mass is 79.9. The molecule has 2 aromatic rings. The summed E-state index contributed by atoms with van der Waals surface area (Å²) in [4.78, 5) is 0. The highest BCUT2D eigenvalue weighted by molar-refractivity contribution is 9.10. The van der Waals surface area contributed by atoms with Gasteiger partial charge in [0.2, 0.25) is 0 Å². The summed E-state index contributed by atoms with van der Waals surface area (Å²) in [6, 6.07) is 8.00. The summed E-state index contributed by atoms with van der Waals surface area (Å²) in [5, 5.41) is 3.89. The minimum Gasteiger partial charge on any atom is -0.380 e. The Balaban J connectivity index is 2.47. The van der Waals surface area contributed by atoms with E-state index in [1.807, 2.05) is 24.3 Å². The second kappa shape index (κ2) is 4.76. The Hall–Kier alpha value is -1.29. The van der Waals surface area contributed by atoms with Crippen molar-refractivity contribution in [3.63, 3.8) is 0 Å². The molecule has 2 rings (SSSR count). The molecule has 96 valence electrons. The molecule has 0 saturated heterocycles. The first-order valence-corrected chi connectivity index (χ1v) is 6.66. The minimum atomic E-state index is 0.132. The zero-order chi connectivity index (χ0) is 13.3. The smallest absolute Gasteiger partial charge is 0.175 e. The molecule has 0 amide bonds. The Morgan fingerprint density at radius 1 is 1.33 bits per heavy atom. The first kappa shape index (κ1) is 13.1. The maximum absolute atomic E-state index is 5.92. The van der Waals surface area contributed by atoms with Gasteiger partial charge in [0.15, 0.2) is 5.82 Å². The van der Waals surface area contributed by atoms with E-state index < -0.39 is 0 Å². The van der Waals surface area contributed by atoms with Gasteiger partial charge in [0, 0.05) is 10.9 Å². The van der Waals surface area contributed by atoms with Crippen LogP contribution in [0.4, 0.5) is 5.82 Å². The zero-order valence-electron chi connectivity index (χ0n) is 10.8. The van der Waals surface area contributed by atoms with E-state index >= 15 is 0 Å². The molecular formula is C14H17BrN2O. The number of nitrogen functional groups attached to an aromatic ring is 1. The van der Waals surface area contributed by atoms with Crippen LogP contribution in [-0.2, 0) is 6.42 Å². The lowest BCUT2D eigenvalue weighted by Crippen LogP contribution is -2.09. The fourth-order valence-electron chi connectivity index (χ4n) is 1.89. The van der Waals surface area contributed by atoms with Crippen LogP contribution in [0.25, 0.3) is 11.1 Å². The van der Waals surface area contributed by atoms with Crippen LogP contribution < -0.4 is 5.73 Å². The van der Waals surface area contributed by atoms with E-state index in [1.165, 1.54) is 0 Å². The predicted octanol–water partition coefficient (Wildman–Crippen LogP) is 4.27. The van der Waals surface area contributed by atoms with Gasteiger partial charge in [-0.05, 0) is 23.1 Å². The van der Waals surface area contributed by atoms with Crippen LogP contribution in [0.1, 0.15) is 26.5 Å². The van der Waals surface area contributed by atoms with Gasteiger partial charge in [0.25, 0.3) is 0 Å². The van der Waals surface area contributed by atoms with Crippen molar-refractivity contribution in [1.82, 2.24) is 5.16 Å². The Morgan fingerprint density at radius 2 is 2.06 bits per heavy atom. The Labute approximate surface area is 115 Å². The Morgan fingerprint density at radius 3 is 2.67 bits per heavy atom. The van der Waals surface area contributed by atoms with E-state index in [1.54, 1.807) is 0 Å². The third-order valence-corrected chi connectivity index (χ3v) is 3.09. The number of rotatable bonds is 2. The Bertz CT molecular complexity index is 555. The fraction of sp³-hybridized carbons (Fsp3) is 0.357. The molecule has 0 aliphatic rings. The van der Waals surface area contributed by atoms with E-state index in [2.05, 4.69) is 41.9 Å². The van der Waals surface area contributed by atoms with E-state index in [9.17, 15) is 0 Å². The molecule has 0 saturated carbocycles. The van der Waals surface area contributed by atoms with Gasteiger partial charge in [-0.15, -0.1) is 0 Å². The lowest BCUT2D eigenvalue weighted by molar-refractivity contribution is 0.322. The summed E-state index contributed by atoms with van der Waals surface area (Å²) in [6.07, 6.45) is 0.805. The van der Waals surface area contributed by atoms with E-state index in [-0.39, 0.29) is 5.41 Å². The number of aromatic nitrogens is 1. The van der Waals surface area contributed by atoms with E-state index in [0.717, 1.165) is 27.8 Å². The van der Waals surface area contributed by atoms with Crippen LogP contribution in [-0.4, -0.2) is 5.16 Å². The maximum atomic E-state index is 5.92. The van der Waals surface area contributed by atoms with Crippen molar-refractivity contribution in [2.24, 2.45) is 5.41 Å². The van der Waals surface area contributed by atoms with Crippen molar-refractivity contribution >= 4 is 21.7 Å². The summed E-state index contributed by atoms with van der Waals surface area (Å²) in [7, 11) is 0. The van der Waals surface area contributed by atoms with Crippen molar-refractivity contribution in [3.05, 3.63) is 34.5 Å². The number of anilines is 1. The number of nitrogens with two attached hydrogens (primary N) is 1. The second-order valence-electron chi connectivity index (χ2n) is 5.61. The first-order chi connectivity index (χ1) is 8.37. The van der Waals surface area contributed by atoms with Gasteiger partial charge in [-0.25, -0.2) is 0 Å². The molecule has 0 atom stereocenters. The molecule has 0 spiro atoms. The molecule has 1 aromatic heterocycles. The molecule has 0 bridgehead atoms. The van der Waals surface area contributed by atoms with Gasteiger partial charge in [-0.3, -0.25) is 0 Å². The third kappa shape index (κ3) is 2.93. The molecule has 0 aliphatic heterocycles. The quantitative estimate of drug-likeness (QED) is 0.901. The topological polar surface area (TPSA) is 52.0 Å². The molecule has 4 heteroatoms. The van der Waals surface area contributed by atoms with Gasteiger partial charge in [0.05, 0.1) is 5.56 Å². The standard InChI is InChI=1S/C14H17BrN2O/c1-14(2,3)8-11-12(13(16)17-18-11)9-5-4-6-10(15)7-9/h4-7H,8H2,1-3H3,(H2,16,17). The summed E-state index contributed by atoms with van der Waals surface area (Å²) in [5.74, 6) is 1.30. The maximum Gasteiger partial charge on any atom is 0.175 e. The summed E-state index contributed by atoms with van der Waals surface area (Å²) >= 11 is 3.47. The van der Waals surface area contributed by atoms with Gasteiger partial charge in [0.1, 0.15) is 5.76 Å². The van der Waals surface area contributed by atoms with Gasteiger partial charge < -0.3 is 10.3 Å². The number of nitrogens with zero attached hydrogens (tertiary/aromatic N) is 1. The van der Waals surface area contributed by atoms with Crippen LogP contribution in [0.2, 0.25) is 0 Å². The van der Waals surface area contributed by atoms with Gasteiger partial charge >= 0.3 is 0 Å². The van der Waals surface area contributed by atoms with Crippen molar-refractivity contribution < 1.29 is 4.52 Å². The van der Waals surface area contributed by atoms with Crippen molar-refractivity contribution in [3.8, 4) is 11.1 Å². The number of benzene rings is 1. The molecular weight excluding hydrogens is 292 g/mol. The van der Waals surface area contributed by atoms with Crippen molar-refractivity contribution in [2.75, 3.05) is 5.73 Å². The fourth-order valence-corrected chi connectivity index (χ4v) is 2.29. The molecule has 1 heterocycles. The van der Waals surface area contributed by atoms with Crippen molar-refractivity contribution in [1.29, 1.82) is 0 Å². The zero-order valence-corrected chi connectivity index (χ0v) is 12.4. The lowest BCUT2D eigenvalue weighted by atomic mass is 9.88. The number of halogens is 1. The van der Waals surface area contributed by atoms with E-state index in [4.69, 9.17) is 10.3 Å². The molecule has 0 radical (unpaired) electrons. The second-order valence-corrected chi connectivity index (χ2v) is 6.53. The van der Waals surface area contributed by atoms with Crippen molar-refractivity contribution in [2.45, 2.75) is 27.2 Å². The Kier molecular flexibility index (Phi) is 3.48. The average molecular weight is 309 g/mol. The first-order valence-electron chi connectivity index (χ1n) is 5.87. The number of hydrogen-bond acceptors (Lipinski definition) is 3. The van der Waals surface area contributed by atoms with Gasteiger partial charge in [-0.1, -0.05) is 54.0 Å². The minimum absolute atomic E-state index is 0.132. The summed E-state index contributed by atoms with van der Waals surface area (Å²) in [5.41, 5.74) is 7.99. The van der Waals surface area contributed by atoms with Crippen LogP contribution in [0.5, 0.6) is 0 Å². The molecule has 1 aromatic carbocycles. The normalized spacial score (nSPS) is 11.8. The molecule has 0 fully saturated rings. The molecule has 0 unspecified atom stereocenters. The molecule has 3 nitrogen and oxygen atoms in total. The SMILES string of the molecule is CC(C)(C)Cc1onc(N)c1-c1cccc(Br)c1. The highest BCUT2D eigenvalue weighted by Crippen LogP contribution is 2.34. The number of hydrogen-bond donors (Lipinski definition) is 1. The molecule has 0 aliphatic carbocycles. The molecule has 18 heavy (non-hydrogen) atoms. The van der Waals surface area contributed by atoms with Crippen LogP contribution in [0.3, 0.4) is 0 Å². The average Bonchev–Trinajstić information content (AvgIpc) is 2.57. The molecule has 2 N–H and O–H groups in total. The van der Waals surface area contributed by atoms with Gasteiger partial charge in [-0.2, -0.15) is 0 Å². The van der Waals surface area contributed by atoms with E-state index in [0.29, 0.717) is 5.82 Å².